The van der Waals surface area contributed by atoms with Gasteiger partial charge in [0.05, 0.1) is 10.7 Å². The van der Waals surface area contributed by atoms with Crippen LogP contribution in [0.5, 0.6) is 0 Å². The van der Waals surface area contributed by atoms with Gasteiger partial charge in [0.1, 0.15) is 0 Å². The maximum Gasteiger partial charge on any atom is 0.0925 e. The fourth-order valence-electron chi connectivity index (χ4n) is 1.74. The van der Waals surface area contributed by atoms with Gasteiger partial charge in [-0.2, -0.15) is 5.10 Å². The molecule has 0 amide bonds. The summed E-state index contributed by atoms with van der Waals surface area (Å²) in [4.78, 5) is 5.64. The summed E-state index contributed by atoms with van der Waals surface area (Å²) < 4.78 is 1.86. The van der Waals surface area contributed by atoms with Crippen LogP contribution in [0.1, 0.15) is 28.1 Å². The van der Waals surface area contributed by atoms with Crippen molar-refractivity contribution in [3.8, 4) is 0 Å². The Bertz CT molecular complexity index is 486. The summed E-state index contributed by atoms with van der Waals surface area (Å²) >= 11 is 1.78. The fourth-order valence-corrected chi connectivity index (χ4v) is 2.57. The highest BCUT2D eigenvalue weighted by molar-refractivity contribution is 7.11. The van der Waals surface area contributed by atoms with E-state index in [-0.39, 0.29) is 0 Å². The number of aromatic nitrogens is 3. The van der Waals surface area contributed by atoms with E-state index in [0.29, 0.717) is 0 Å². The molecule has 0 unspecified atom stereocenters. The number of nitrogens with one attached hydrogen (secondary N) is 1. The lowest BCUT2D eigenvalue weighted by Gasteiger charge is -2.00. The highest BCUT2D eigenvalue weighted by atomic mass is 32.1. The molecule has 0 aliphatic carbocycles. The SMILES string of the molecule is CCc1ncc(CNCc2cn(C)nc2C)s1. The number of hydrogen-bond acceptors (Lipinski definition) is 4. The second-order valence-electron chi connectivity index (χ2n) is 4.09. The number of thiazole rings is 1. The lowest BCUT2D eigenvalue weighted by Crippen LogP contribution is -2.11. The van der Waals surface area contributed by atoms with Crippen LogP contribution in [0, 0.1) is 6.92 Å². The van der Waals surface area contributed by atoms with Gasteiger partial charge >= 0.3 is 0 Å². The molecular weight excluding hydrogens is 232 g/mol. The van der Waals surface area contributed by atoms with Crippen molar-refractivity contribution in [2.45, 2.75) is 33.4 Å². The van der Waals surface area contributed by atoms with Gasteiger partial charge in [0.15, 0.2) is 0 Å². The Balaban J connectivity index is 1.85. The van der Waals surface area contributed by atoms with Crippen LogP contribution < -0.4 is 5.32 Å². The Morgan fingerprint density at radius 3 is 2.82 bits per heavy atom. The van der Waals surface area contributed by atoms with Crippen LogP contribution in [0.3, 0.4) is 0 Å². The third kappa shape index (κ3) is 3.14. The van der Waals surface area contributed by atoms with Crippen molar-refractivity contribution in [3.63, 3.8) is 0 Å². The van der Waals surface area contributed by atoms with E-state index in [1.54, 1.807) is 11.3 Å². The molecule has 17 heavy (non-hydrogen) atoms. The molecule has 0 saturated heterocycles. The zero-order valence-corrected chi connectivity index (χ0v) is 11.3. The molecule has 4 nitrogen and oxygen atoms in total. The maximum atomic E-state index is 4.34. The lowest BCUT2D eigenvalue weighted by atomic mass is 10.2. The van der Waals surface area contributed by atoms with Gasteiger partial charge in [-0.25, -0.2) is 4.98 Å². The van der Waals surface area contributed by atoms with Gasteiger partial charge < -0.3 is 5.32 Å². The summed E-state index contributed by atoms with van der Waals surface area (Å²) in [5, 5.41) is 8.96. The molecule has 0 fully saturated rings. The molecule has 0 bridgehead atoms. The summed E-state index contributed by atoms with van der Waals surface area (Å²) in [6.07, 6.45) is 5.05. The Hall–Kier alpha value is -1.20. The van der Waals surface area contributed by atoms with Crippen molar-refractivity contribution in [2.75, 3.05) is 0 Å². The summed E-state index contributed by atoms with van der Waals surface area (Å²) in [6.45, 7) is 5.92. The highest BCUT2D eigenvalue weighted by Gasteiger charge is 2.03. The third-order valence-corrected chi connectivity index (χ3v) is 3.78. The monoisotopic (exact) mass is 250 g/mol. The molecule has 0 saturated carbocycles. The van der Waals surface area contributed by atoms with Gasteiger partial charge in [-0.05, 0) is 13.3 Å². The fraction of sp³-hybridized carbons (Fsp3) is 0.500. The Morgan fingerprint density at radius 2 is 2.24 bits per heavy atom. The minimum Gasteiger partial charge on any atom is -0.308 e. The van der Waals surface area contributed by atoms with E-state index in [4.69, 9.17) is 0 Å². The molecule has 0 aliphatic rings. The molecule has 0 aromatic carbocycles. The minimum atomic E-state index is 0.860. The first-order chi connectivity index (χ1) is 8.19. The summed E-state index contributed by atoms with van der Waals surface area (Å²) in [7, 11) is 1.95. The second kappa shape index (κ2) is 5.42. The van der Waals surface area contributed by atoms with Crippen molar-refractivity contribution in [1.29, 1.82) is 0 Å². The van der Waals surface area contributed by atoms with Crippen LogP contribution >= 0.6 is 11.3 Å². The Labute approximate surface area is 106 Å². The van der Waals surface area contributed by atoms with E-state index < -0.39 is 0 Å². The van der Waals surface area contributed by atoms with Gasteiger partial charge in [-0.1, -0.05) is 6.92 Å². The van der Waals surface area contributed by atoms with E-state index in [1.807, 2.05) is 24.9 Å². The second-order valence-corrected chi connectivity index (χ2v) is 5.29. The van der Waals surface area contributed by atoms with E-state index in [9.17, 15) is 0 Å². The molecular formula is C12H18N4S. The lowest BCUT2D eigenvalue weighted by molar-refractivity contribution is 0.696. The predicted molar refractivity (Wildman–Crippen MR) is 70.0 cm³/mol. The number of rotatable bonds is 5. The number of nitrogens with zero attached hydrogens (tertiary/aromatic N) is 3. The molecule has 2 heterocycles. The predicted octanol–water partition coefficient (Wildman–Crippen LogP) is 2.04. The van der Waals surface area contributed by atoms with Crippen molar-refractivity contribution in [2.24, 2.45) is 7.05 Å². The topological polar surface area (TPSA) is 42.7 Å². The third-order valence-electron chi connectivity index (χ3n) is 2.63. The highest BCUT2D eigenvalue weighted by Crippen LogP contribution is 2.13. The zero-order valence-electron chi connectivity index (χ0n) is 10.5. The summed E-state index contributed by atoms with van der Waals surface area (Å²) in [5.41, 5.74) is 2.35. The van der Waals surface area contributed by atoms with Crippen LogP contribution in [0.2, 0.25) is 0 Å². The number of aryl methyl sites for hydroxylation is 3. The molecule has 0 atom stereocenters. The standard InChI is InChI=1S/C12H18N4S/c1-4-12-14-7-11(17-12)6-13-5-10-8-16(3)15-9(10)2/h7-8,13H,4-6H2,1-3H3. The molecule has 92 valence electrons. The normalized spacial score (nSPS) is 11.0. The first-order valence-corrected chi connectivity index (χ1v) is 6.64. The van der Waals surface area contributed by atoms with Gasteiger partial charge in [-0.3, -0.25) is 4.68 Å². The zero-order chi connectivity index (χ0) is 12.3. The first kappa shape index (κ1) is 12.3. The maximum absolute atomic E-state index is 4.34. The largest absolute Gasteiger partial charge is 0.308 e. The van der Waals surface area contributed by atoms with Crippen LogP contribution in [0.15, 0.2) is 12.4 Å². The van der Waals surface area contributed by atoms with Crippen LogP contribution in [0.25, 0.3) is 0 Å². The molecule has 0 radical (unpaired) electrons. The molecule has 0 aliphatic heterocycles. The molecule has 2 aromatic heterocycles. The van der Waals surface area contributed by atoms with Gasteiger partial charge in [-0.15, -0.1) is 11.3 Å². The van der Waals surface area contributed by atoms with Crippen molar-refractivity contribution < 1.29 is 0 Å². The molecule has 2 rings (SSSR count). The quantitative estimate of drug-likeness (QED) is 0.883. The van der Waals surface area contributed by atoms with E-state index in [1.165, 1.54) is 15.4 Å². The van der Waals surface area contributed by atoms with Crippen molar-refractivity contribution >= 4 is 11.3 Å². The Morgan fingerprint density at radius 1 is 1.41 bits per heavy atom. The Kier molecular flexibility index (Phi) is 3.91. The van der Waals surface area contributed by atoms with E-state index in [2.05, 4.69) is 28.5 Å². The van der Waals surface area contributed by atoms with Crippen LogP contribution in [-0.2, 0) is 26.6 Å². The molecule has 1 N–H and O–H groups in total. The average Bonchev–Trinajstić information content (AvgIpc) is 2.86. The molecule has 5 heteroatoms. The summed E-state index contributed by atoms with van der Waals surface area (Å²) in [6, 6.07) is 0. The van der Waals surface area contributed by atoms with Crippen LogP contribution in [0.4, 0.5) is 0 Å². The molecule has 0 spiro atoms. The van der Waals surface area contributed by atoms with E-state index in [0.717, 1.165) is 25.2 Å². The van der Waals surface area contributed by atoms with Crippen LogP contribution in [-0.4, -0.2) is 14.8 Å². The van der Waals surface area contributed by atoms with Gasteiger partial charge in [0, 0.05) is 43.0 Å². The number of hydrogen-bond donors (Lipinski definition) is 1. The smallest absolute Gasteiger partial charge is 0.0925 e. The first-order valence-electron chi connectivity index (χ1n) is 5.82. The van der Waals surface area contributed by atoms with Gasteiger partial charge in [0.25, 0.3) is 0 Å². The summed E-state index contributed by atoms with van der Waals surface area (Å²) in [5.74, 6) is 0. The average molecular weight is 250 g/mol. The minimum absolute atomic E-state index is 0.860. The van der Waals surface area contributed by atoms with E-state index >= 15 is 0 Å². The van der Waals surface area contributed by atoms with Crippen molar-refractivity contribution in [1.82, 2.24) is 20.1 Å². The van der Waals surface area contributed by atoms with Crippen molar-refractivity contribution in [3.05, 3.63) is 33.5 Å². The molecule has 2 aromatic rings. The van der Waals surface area contributed by atoms with Gasteiger partial charge in [0.2, 0.25) is 0 Å².